The van der Waals surface area contributed by atoms with Crippen LogP contribution < -0.4 is 4.74 Å². The first kappa shape index (κ1) is 15.8. The van der Waals surface area contributed by atoms with Gasteiger partial charge in [0.05, 0.1) is 10.6 Å². The lowest BCUT2D eigenvalue weighted by atomic mass is 10.1. The molecule has 0 saturated carbocycles. The van der Waals surface area contributed by atoms with Gasteiger partial charge in [0.25, 0.3) is 0 Å². The number of carbonyl (C=O) groups excluding carboxylic acids is 1. The third kappa shape index (κ3) is 3.03. The number of ether oxygens (including phenoxy) is 1. The Morgan fingerprint density at radius 1 is 1.09 bits per heavy atom. The molecule has 0 heterocycles. The van der Waals surface area contributed by atoms with E-state index in [2.05, 4.69) is 0 Å². The Morgan fingerprint density at radius 2 is 1.83 bits per heavy atom. The Hall–Kier alpha value is -2.08. The Kier molecular flexibility index (Phi) is 3.80. The van der Waals surface area contributed by atoms with Crippen LogP contribution in [0.2, 0.25) is 5.02 Å². The molecular weight excluding hydrogens is 336 g/mol. The van der Waals surface area contributed by atoms with E-state index in [-0.39, 0.29) is 11.5 Å². The second-order valence-electron chi connectivity index (χ2n) is 5.11. The number of benzene rings is 2. The summed E-state index contributed by atoms with van der Waals surface area (Å²) in [5.74, 6) is -1.65. The van der Waals surface area contributed by atoms with E-state index in [4.69, 9.17) is 16.3 Å². The van der Waals surface area contributed by atoms with Crippen LogP contribution in [0.5, 0.6) is 11.5 Å². The van der Waals surface area contributed by atoms with Crippen LogP contribution >= 0.6 is 11.6 Å². The van der Waals surface area contributed by atoms with Gasteiger partial charge in [0.2, 0.25) is 0 Å². The van der Waals surface area contributed by atoms with E-state index < -0.39 is 28.3 Å². The predicted octanol–water partition coefficient (Wildman–Crippen LogP) is 5.42. The van der Waals surface area contributed by atoms with Gasteiger partial charge in [-0.1, -0.05) is 17.7 Å². The number of fused-ring (bicyclic) bond motifs is 1. The van der Waals surface area contributed by atoms with E-state index in [0.717, 1.165) is 5.56 Å². The Labute approximate surface area is 133 Å². The van der Waals surface area contributed by atoms with E-state index >= 15 is 0 Å². The quantitative estimate of drug-likeness (QED) is 0.680. The first-order chi connectivity index (χ1) is 10.8. The summed E-state index contributed by atoms with van der Waals surface area (Å²) >= 11 is 5.70. The molecule has 0 fully saturated rings. The SMILES string of the molecule is O=C1CCc2ccc(Oc3c(F)cc(C(F)(F)F)cc3Cl)cc21. The smallest absolute Gasteiger partial charge is 0.416 e. The average Bonchev–Trinajstić information content (AvgIpc) is 2.83. The molecule has 0 N–H and O–H groups in total. The number of carbonyl (C=O) groups is 1. The number of Topliss-reactive ketones (excluding diaryl/α,β-unsaturated/α-hetero) is 1. The highest BCUT2D eigenvalue weighted by Crippen LogP contribution is 2.39. The van der Waals surface area contributed by atoms with Gasteiger partial charge in [-0.3, -0.25) is 4.79 Å². The van der Waals surface area contributed by atoms with Crippen LogP contribution in [0.15, 0.2) is 30.3 Å². The highest BCUT2D eigenvalue weighted by atomic mass is 35.5. The van der Waals surface area contributed by atoms with Gasteiger partial charge >= 0.3 is 6.18 Å². The monoisotopic (exact) mass is 344 g/mol. The van der Waals surface area contributed by atoms with Gasteiger partial charge in [0.15, 0.2) is 17.3 Å². The van der Waals surface area contributed by atoms with E-state index in [1.807, 2.05) is 0 Å². The number of hydrogen-bond acceptors (Lipinski definition) is 2. The molecule has 0 bridgehead atoms. The zero-order valence-electron chi connectivity index (χ0n) is 11.5. The van der Waals surface area contributed by atoms with Crippen LogP contribution in [-0.4, -0.2) is 5.78 Å². The van der Waals surface area contributed by atoms with Crippen molar-refractivity contribution in [1.82, 2.24) is 0 Å². The van der Waals surface area contributed by atoms with E-state index in [1.165, 1.54) is 12.1 Å². The molecule has 7 heteroatoms. The topological polar surface area (TPSA) is 26.3 Å². The first-order valence-electron chi connectivity index (χ1n) is 6.66. The van der Waals surface area contributed by atoms with Crippen molar-refractivity contribution in [2.75, 3.05) is 0 Å². The lowest BCUT2D eigenvalue weighted by molar-refractivity contribution is -0.137. The van der Waals surface area contributed by atoms with Gasteiger partial charge in [0, 0.05) is 12.0 Å². The van der Waals surface area contributed by atoms with Gasteiger partial charge in [0.1, 0.15) is 5.75 Å². The molecule has 0 aliphatic heterocycles. The lowest BCUT2D eigenvalue weighted by Crippen LogP contribution is -2.06. The summed E-state index contributed by atoms with van der Waals surface area (Å²) in [7, 11) is 0. The number of alkyl halides is 3. The molecule has 1 aliphatic rings. The van der Waals surface area contributed by atoms with Gasteiger partial charge in [-0.15, -0.1) is 0 Å². The van der Waals surface area contributed by atoms with Gasteiger partial charge in [-0.05, 0) is 36.2 Å². The summed E-state index contributed by atoms with van der Waals surface area (Å²) in [4.78, 5) is 11.7. The molecule has 2 aromatic carbocycles. The van der Waals surface area contributed by atoms with Crippen molar-refractivity contribution in [2.24, 2.45) is 0 Å². The van der Waals surface area contributed by atoms with Crippen molar-refractivity contribution in [3.8, 4) is 11.5 Å². The first-order valence-corrected chi connectivity index (χ1v) is 7.04. The maximum atomic E-state index is 13.9. The third-order valence-corrected chi connectivity index (χ3v) is 3.83. The summed E-state index contributed by atoms with van der Waals surface area (Å²) < 4.78 is 56.9. The molecule has 0 unspecified atom stereocenters. The average molecular weight is 345 g/mol. The zero-order chi connectivity index (χ0) is 16.8. The Balaban J connectivity index is 1.95. The highest BCUT2D eigenvalue weighted by Gasteiger charge is 2.32. The summed E-state index contributed by atoms with van der Waals surface area (Å²) in [5, 5.41) is -0.496. The Bertz CT molecular complexity index is 776. The molecule has 0 radical (unpaired) electrons. The maximum absolute atomic E-state index is 13.9. The van der Waals surface area contributed by atoms with Crippen molar-refractivity contribution in [2.45, 2.75) is 19.0 Å². The van der Waals surface area contributed by atoms with Crippen LogP contribution in [-0.2, 0) is 12.6 Å². The largest absolute Gasteiger partial charge is 0.453 e. The number of rotatable bonds is 2. The molecule has 2 nitrogen and oxygen atoms in total. The normalized spacial score (nSPS) is 14.0. The van der Waals surface area contributed by atoms with Crippen molar-refractivity contribution in [3.63, 3.8) is 0 Å². The maximum Gasteiger partial charge on any atom is 0.416 e. The van der Waals surface area contributed by atoms with Crippen LogP contribution in [0, 0.1) is 5.82 Å². The van der Waals surface area contributed by atoms with Crippen LogP contribution in [0.1, 0.15) is 27.9 Å². The minimum absolute atomic E-state index is 0.0514. The molecule has 0 amide bonds. The van der Waals surface area contributed by atoms with Crippen LogP contribution in [0.25, 0.3) is 0 Å². The van der Waals surface area contributed by atoms with Crippen molar-refractivity contribution >= 4 is 17.4 Å². The molecule has 0 aromatic heterocycles. The fourth-order valence-corrected chi connectivity index (χ4v) is 2.66. The van der Waals surface area contributed by atoms with Crippen LogP contribution in [0.3, 0.4) is 0 Å². The molecule has 2 aromatic rings. The van der Waals surface area contributed by atoms with Crippen LogP contribution in [0.4, 0.5) is 17.6 Å². The van der Waals surface area contributed by atoms with E-state index in [9.17, 15) is 22.4 Å². The summed E-state index contributed by atoms with van der Waals surface area (Å²) in [5.41, 5.74) is 0.142. The summed E-state index contributed by atoms with van der Waals surface area (Å²) in [6.07, 6.45) is -3.68. The van der Waals surface area contributed by atoms with E-state index in [0.29, 0.717) is 30.5 Å². The molecule has 0 atom stereocenters. The number of ketones is 1. The fourth-order valence-electron chi connectivity index (χ4n) is 2.42. The third-order valence-electron chi connectivity index (χ3n) is 3.55. The second kappa shape index (κ2) is 5.53. The fraction of sp³-hybridized carbons (Fsp3) is 0.188. The minimum atomic E-state index is -4.71. The predicted molar refractivity (Wildman–Crippen MR) is 75.6 cm³/mol. The zero-order valence-corrected chi connectivity index (χ0v) is 12.3. The van der Waals surface area contributed by atoms with Gasteiger partial charge in [-0.2, -0.15) is 13.2 Å². The number of halogens is 5. The van der Waals surface area contributed by atoms with Crippen molar-refractivity contribution < 1.29 is 27.1 Å². The lowest BCUT2D eigenvalue weighted by Gasteiger charge is -2.13. The van der Waals surface area contributed by atoms with Crippen molar-refractivity contribution in [1.29, 1.82) is 0 Å². The molecule has 23 heavy (non-hydrogen) atoms. The second-order valence-corrected chi connectivity index (χ2v) is 5.52. The molecule has 120 valence electrons. The molecular formula is C16H9ClF4O2. The Morgan fingerprint density at radius 3 is 2.48 bits per heavy atom. The molecule has 0 saturated heterocycles. The highest BCUT2D eigenvalue weighted by molar-refractivity contribution is 6.32. The van der Waals surface area contributed by atoms with Gasteiger partial charge in [-0.25, -0.2) is 4.39 Å². The summed E-state index contributed by atoms with van der Waals surface area (Å²) in [6.45, 7) is 0. The van der Waals surface area contributed by atoms with Crippen molar-refractivity contribution in [3.05, 3.63) is 57.9 Å². The molecule has 1 aliphatic carbocycles. The number of hydrogen-bond donors (Lipinski definition) is 0. The number of aryl methyl sites for hydroxylation is 1. The standard InChI is InChI=1S/C16H9ClF4O2/c17-12-5-9(16(19,20)21)6-13(18)15(12)23-10-3-1-8-2-4-14(22)11(8)7-10/h1,3,5-7H,2,4H2. The molecule has 3 rings (SSSR count). The van der Waals surface area contributed by atoms with E-state index in [1.54, 1.807) is 6.07 Å². The van der Waals surface area contributed by atoms with Gasteiger partial charge < -0.3 is 4.74 Å². The summed E-state index contributed by atoms with van der Waals surface area (Å²) in [6, 6.07) is 5.55. The molecule has 0 spiro atoms. The minimum Gasteiger partial charge on any atom is -0.453 e.